The number of aromatic nitrogens is 2. The average molecular weight is 383 g/mol. The number of nitrogens with zero attached hydrogens (tertiary/aromatic N) is 2. The maximum Gasteiger partial charge on any atom is 0.257 e. The zero-order valence-corrected chi connectivity index (χ0v) is 14.5. The average Bonchev–Trinajstić information content (AvgIpc) is 2.99. The van der Waals surface area contributed by atoms with Crippen LogP contribution < -0.4 is 10.6 Å². The molecule has 0 radical (unpaired) electrons. The van der Waals surface area contributed by atoms with Crippen molar-refractivity contribution in [3.63, 3.8) is 0 Å². The molecule has 2 N–H and O–H groups in total. The molecule has 9 heteroatoms. The van der Waals surface area contributed by atoms with E-state index in [0.29, 0.717) is 26.8 Å². The highest BCUT2D eigenvalue weighted by atomic mass is 35.5. The van der Waals surface area contributed by atoms with Gasteiger partial charge in [0.1, 0.15) is 11.0 Å². The van der Waals surface area contributed by atoms with E-state index in [1.165, 1.54) is 0 Å². The molecule has 0 fully saturated rings. The molecule has 1 heterocycles. The van der Waals surface area contributed by atoms with Gasteiger partial charge in [-0.1, -0.05) is 29.3 Å². The van der Waals surface area contributed by atoms with Crippen molar-refractivity contribution in [2.75, 3.05) is 5.32 Å². The Morgan fingerprint density at radius 1 is 1.13 bits per heavy atom. The third kappa shape index (κ3) is 3.59. The summed E-state index contributed by atoms with van der Waals surface area (Å²) in [7, 11) is 0. The Labute approximate surface area is 150 Å². The molecule has 5 nitrogen and oxygen atoms in total. The second-order valence-electron chi connectivity index (χ2n) is 4.48. The first-order valence-corrected chi connectivity index (χ1v) is 8.23. The molecule has 1 aromatic heterocycles. The minimum atomic E-state index is -0.351. The summed E-state index contributed by atoms with van der Waals surface area (Å²) in [6.45, 7) is 0. The Hall–Kier alpha value is -1.80. The predicted octanol–water partition coefficient (Wildman–Crippen LogP) is 4.12. The molecule has 0 aliphatic carbocycles. The van der Waals surface area contributed by atoms with Gasteiger partial charge in [0.2, 0.25) is 0 Å². The maximum absolute atomic E-state index is 12.2. The number of rotatable bonds is 2. The Kier molecular flexibility index (Phi) is 4.72. The summed E-state index contributed by atoms with van der Waals surface area (Å²) >= 11 is 18.2. The van der Waals surface area contributed by atoms with Crippen LogP contribution in [0.4, 0.5) is 5.69 Å². The van der Waals surface area contributed by atoms with Gasteiger partial charge in [0, 0.05) is 5.56 Å². The van der Waals surface area contributed by atoms with Crippen molar-refractivity contribution in [1.29, 1.82) is 0 Å². The molecule has 23 heavy (non-hydrogen) atoms. The van der Waals surface area contributed by atoms with Crippen molar-refractivity contribution in [2.24, 2.45) is 0 Å². The van der Waals surface area contributed by atoms with Crippen LogP contribution >= 0.6 is 47.1 Å². The summed E-state index contributed by atoms with van der Waals surface area (Å²) in [6, 6.07) is 10.1. The van der Waals surface area contributed by atoms with E-state index in [2.05, 4.69) is 19.4 Å². The SMILES string of the molecule is O=C(NC(=S)Nc1cccc(Cl)c1Cl)c1ccc2nsnc2c1. The number of hydrogen-bond donors (Lipinski definition) is 2. The zero-order chi connectivity index (χ0) is 16.4. The highest BCUT2D eigenvalue weighted by Crippen LogP contribution is 2.29. The van der Waals surface area contributed by atoms with Crippen molar-refractivity contribution in [2.45, 2.75) is 0 Å². The van der Waals surface area contributed by atoms with Gasteiger partial charge in [-0.3, -0.25) is 10.1 Å². The number of anilines is 1. The van der Waals surface area contributed by atoms with Crippen molar-refractivity contribution in [1.82, 2.24) is 14.1 Å². The first kappa shape index (κ1) is 16.1. The van der Waals surface area contributed by atoms with Gasteiger partial charge in [-0.2, -0.15) is 8.75 Å². The quantitative estimate of drug-likeness (QED) is 0.652. The smallest absolute Gasteiger partial charge is 0.257 e. The zero-order valence-electron chi connectivity index (χ0n) is 11.3. The van der Waals surface area contributed by atoms with E-state index in [1.54, 1.807) is 36.4 Å². The third-order valence-corrected chi connectivity index (χ3v) is 4.52. The van der Waals surface area contributed by atoms with E-state index in [4.69, 9.17) is 35.4 Å². The first-order valence-electron chi connectivity index (χ1n) is 6.33. The van der Waals surface area contributed by atoms with Crippen LogP contribution in [0.1, 0.15) is 10.4 Å². The fourth-order valence-corrected chi connectivity index (χ4v) is 2.92. The molecule has 0 bridgehead atoms. The topological polar surface area (TPSA) is 66.9 Å². The number of nitrogens with one attached hydrogen (secondary N) is 2. The van der Waals surface area contributed by atoms with E-state index in [9.17, 15) is 4.79 Å². The number of halogens is 2. The third-order valence-electron chi connectivity index (χ3n) is 2.94. The standard InChI is InChI=1S/C14H8Cl2N4OS2/c15-8-2-1-3-10(12(8)16)17-14(22)18-13(21)7-4-5-9-11(6-7)20-23-19-9/h1-6H,(H2,17,18,21,22). The molecular formula is C14H8Cl2N4OS2. The van der Waals surface area contributed by atoms with Gasteiger partial charge in [0.15, 0.2) is 5.11 Å². The van der Waals surface area contributed by atoms with E-state index in [-0.39, 0.29) is 11.0 Å². The number of hydrogen-bond acceptors (Lipinski definition) is 5. The van der Waals surface area contributed by atoms with Crippen LogP contribution in [-0.2, 0) is 0 Å². The largest absolute Gasteiger partial charge is 0.331 e. The Morgan fingerprint density at radius 3 is 2.74 bits per heavy atom. The summed E-state index contributed by atoms with van der Waals surface area (Å²) < 4.78 is 8.19. The van der Waals surface area contributed by atoms with E-state index in [1.807, 2.05) is 0 Å². The summed E-state index contributed by atoms with van der Waals surface area (Å²) in [4.78, 5) is 12.2. The Balaban J connectivity index is 1.71. The van der Waals surface area contributed by atoms with Gasteiger partial charge in [-0.15, -0.1) is 0 Å². The van der Waals surface area contributed by atoms with E-state index < -0.39 is 0 Å². The summed E-state index contributed by atoms with van der Waals surface area (Å²) in [5.41, 5.74) is 2.37. The van der Waals surface area contributed by atoms with Gasteiger partial charge in [-0.25, -0.2) is 0 Å². The number of thiocarbonyl (C=S) groups is 1. The maximum atomic E-state index is 12.2. The summed E-state index contributed by atoms with van der Waals surface area (Å²) in [5, 5.41) is 6.27. The normalized spacial score (nSPS) is 10.5. The van der Waals surface area contributed by atoms with Crippen LogP contribution in [-0.4, -0.2) is 19.8 Å². The first-order chi connectivity index (χ1) is 11.0. The van der Waals surface area contributed by atoms with Gasteiger partial charge in [-0.05, 0) is 42.5 Å². The van der Waals surface area contributed by atoms with E-state index >= 15 is 0 Å². The van der Waals surface area contributed by atoms with Crippen molar-refractivity contribution in [3.05, 3.63) is 52.0 Å². The molecule has 0 unspecified atom stereocenters. The van der Waals surface area contributed by atoms with Crippen LogP contribution in [0.25, 0.3) is 11.0 Å². The molecule has 0 aliphatic heterocycles. The molecule has 116 valence electrons. The van der Waals surface area contributed by atoms with Crippen molar-refractivity contribution >= 4 is 74.9 Å². The molecule has 3 rings (SSSR count). The van der Waals surface area contributed by atoms with E-state index in [0.717, 1.165) is 17.2 Å². The van der Waals surface area contributed by atoms with Crippen LogP contribution in [0.5, 0.6) is 0 Å². The minimum Gasteiger partial charge on any atom is -0.331 e. The Bertz CT molecular complexity index is 913. The fraction of sp³-hybridized carbons (Fsp3) is 0. The fourth-order valence-electron chi connectivity index (χ4n) is 1.85. The van der Waals surface area contributed by atoms with Gasteiger partial charge < -0.3 is 5.32 Å². The van der Waals surface area contributed by atoms with Crippen LogP contribution in [0.15, 0.2) is 36.4 Å². The second-order valence-corrected chi connectivity index (χ2v) is 6.20. The predicted molar refractivity (Wildman–Crippen MR) is 97.6 cm³/mol. The summed E-state index contributed by atoms with van der Waals surface area (Å²) in [6.07, 6.45) is 0. The van der Waals surface area contributed by atoms with Gasteiger partial charge in [0.25, 0.3) is 5.91 Å². The molecule has 0 aliphatic rings. The highest BCUT2D eigenvalue weighted by molar-refractivity contribution is 7.80. The van der Waals surface area contributed by atoms with Crippen LogP contribution in [0.2, 0.25) is 10.0 Å². The number of carbonyl (C=O) groups excluding carboxylic acids is 1. The number of benzene rings is 2. The van der Waals surface area contributed by atoms with Crippen LogP contribution in [0, 0.1) is 0 Å². The number of carbonyl (C=O) groups is 1. The van der Waals surface area contributed by atoms with Gasteiger partial charge >= 0.3 is 0 Å². The van der Waals surface area contributed by atoms with Gasteiger partial charge in [0.05, 0.1) is 27.5 Å². The Morgan fingerprint density at radius 2 is 1.91 bits per heavy atom. The van der Waals surface area contributed by atoms with Crippen molar-refractivity contribution in [3.8, 4) is 0 Å². The number of fused-ring (bicyclic) bond motifs is 1. The lowest BCUT2D eigenvalue weighted by Gasteiger charge is -2.11. The van der Waals surface area contributed by atoms with Crippen LogP contribution in [0.3, 0.4) is 0 Å². The summed E-state index contributed by atoms with van der Waals surface area (Å²) in [5.74, 6) is -0.351. The lowest BCUT2D eigenvalue weighted by atomic mass is 10.2. The molecule has 0 saturated carbocycles. The molecule has 3 aromatic rings. The molecule has 1 amide bonds. The molecular weight excluding hydrogens is 375 g/mol. The second kappa shape index (κ2) is 6.76. The lowest BCUT2D eigenvalue weighted by molar-refractivity contribution is 0.0978. The lowest BCUT2D eigenvalue weighted by Crippen LogP contribution is -2.34. The molecule has 0 saturated heterocycles. The minimum absolute atomic E-state index is 0.121. The molecule has 0 spiro atoms. The molecule has 2 aromatic carbocycles. The molecule has 0 atom stereocenters. The number of amides is 1. The highest BCUT2D eigenvalue weighted by Gasteiger charge is 2.11. The van der Waals surface area contributed by atoms with Crippen molar-refractivity contribution < 1.29 is 4.79 Å². The monoisotopic (exact) mass is 382 g/mol.